The van der Waals surface area contributed by atoms with Gasteiger partial charge in [-0.1, -0.05) is 24.3 Å². The van der Waals surface area contributed by atoms with Gasteiger partial charge in [0.15, 0.2) is 0 Å². The number of ether oxygens (including phenoxy) is 1. The summed E-state index contributed by atoms with van der Waals surface area (Å²) < 4.78 is 5.95. The standard InChI is InChI=1S/C22H20N4O3/c1-25(2)15-10-8-14(9-11-15)17-12-20(27)26(21(24)18(17)13-23)19-7-5-4-6-16(19)22(28)29-3/h4-12H,24H2,1-3H3. The molecular formula is C22H20N4O3. The summed E-state index contributed by atoms with van der Waals surface area (Å²) in [7, 11) is 5.10. The second-order valence-electron chi connectivity index (χ2n) is 6.55. The molecule has 1 heterocycles. The van der Waals surface area contributed by atoms with Gasteiger partial charge in [-0.3, -0.25) is 9.36 Å². The van der Waals surface area contributed by atoms with E-state index in [0.29, 0.717) is 11.1 Å². The van der Waals surface area contributed by atoms with Gasteiger partial charge in [0, 0.05) is 31.4 Å². The Morgan fingerprint density at radius 3 is 2.38 bits per heavy atom. The Morgan fingerprint density at radius 1 is 1.14 bits per heavy atom. The molecule has 0 bridgehead atoms. The quantitative estimate of drug-likeness (QED) is 0.690. The van der Waals surface area contributed by atoms with Crippen molar-refractivity contribution in [1.82, 2.24) is 4.57 Å². The monoisotopic (exact) mass is 388 g/mol. The maximum absolute atomic E-state index is 13.0. The number of para-hydroxylation sites is 1. The Balaban J connectivity index is 2.24. The number of methoxy groups -OCH3 is 1. The lowest BCUT2D eigenvalue weighted by atomic mass is 10.0. The molecule has 7 heteroatoms. The molecule has 0 spiro atoms. The first-order valence-electron chi connectivity index (χ1n) is 8.80. The zero-order valence-corrected chi connectivity index (χ0v) is 16.3. The predicted molar refractivity (Wildman–Crippen MR) is 112 cm³/mol. The largest absolute Gasteiger partial charge is 0.465 e. The Hall–Kier alpha value is -4.05. The smallest absolute Gasteiger partial charge is 0.339 e. The molecule has 0 aliphatic carbocycles. The van der Waals surface area contributed by atoms with Gasteiger partial charge in [-0.2, -0.15) is 5.26 Å². The fourth-order valence-corrected chi connectivity index (χ4v) is 3.11. The molecule has 1 aromatic heterocycles. The van der Waals surface area contributed by atoms with E-state index in [9.17, 15) is 14.9 Å². The van der Waals surface area contributed by atoms with Crippen LogP contribution in [0.5, 0.6) is 0 Å². The van der Waals surface area contributed by atoms with E-state index in [2.05, 4.69) is 6.07 Å². The van der Waals surface area contributed by atoms with Crippen molar-refractivity contribution in [2.45, 2.75) is 0 Å². The molecule has 2 N–H and O–H groups in total. The molecule has 0 radical (unpaired) electrons. The molecule has 7 nitrogen and oxygen atoms in total. The third-order valence-corrected chi connectivity index (χ3v) is 4.61. The summed E-state index contributed by atoms with van der Waals surface area (Å²) in [4.78, 5) is 27.0. The van der Waals surface area contributed by atoms with Crippen molar-refractivity contribution in [2.75, 3.05) is 31.8 Å². The number of carbonyl (C=O) groups excluding carboxylic acids is 1. The number of esters is 1. The summed E-state index contributed by atoms with van der Waals surface area (Å²) in [6.07, 6.45) is 0. The SMILES string of the molecule is COC(=O)c1ccccc1-n1c(N)c(C#N)c(-c2ccc(N(C)C)cc2)cc1=O. The summed E-state index contributed by atoms with van der Waals surface area (Å²) in [5, 5.41) is 9.75. The van der Waals surface area contributed by atoms with E-state index < -0.39 is 11.5 Å². The number of pyridine rings is 1. The molecule has 0 saturated carbocycles. The number of nitrogens with zero attached hydrogens (tertiary/aromatic N) is 3. The van der Waals surface area contributed by atoms with E-state index in [4.69, 9.17) is 10.5 Å². The van der Waals surface area contributed by atoms with Crippen molar-refractivity contribution in [3.05, 3.63) is 76.1 Å². The molecule has 0 fully saturated rings. The lowest BCUT2D eigenvalue weighted by molar-refractivity contribution is 0.0601. The minimum Gasteiger partial charge on any atom is -0.465 e. The van der Waals surface area contributed by atoms with Crippen LogP contribution in [0.3, 0.4) is 0 Å². The first kappa shape index (κ1) is 19.7. The molecule has 29 heavy (non-hydrogen) atoms. The molecule has 146 valence electrons. The van der Waals surface area contributed by atoms with Gasteiger partial charge in [0.1, 0.15) is 17.5 Å². The van der Waals surface area contributed by atoms with Crippen LogP contribution in [0.4, 0.5) is 11.5 Å². The number of nitrogens with two attached hydrogens (primary N) is 1. The van der Waals surface area contributed by atoms with Gasteiger partial charge in [-0.05, 0) is 29.8 Å². The van der Waals surface area contributed by atoms with E-state index in [1.165, 1.54) is 19.2 Å². The van der Waals surface area contributed by atoms with Gasteiger partial charge in [-0.25, -0.2) is 4.79 Å². The highest BCUT2D eigenvalue weighted by molar-refractivity contribution is 5.94. The number of benzene rings is 2. The zero-order chi connectivity index (χ0) is 21.1. The molecule has 0 amide bonds. The first-order chi connectivity index (χ1) is 13.9. The number of hydrogen-bond acceptors (Lipinski definition) is 6. The van der Waals surface area contributed by atoms with E-state index in [0.717, 1.165) is 10.3 Å². The number of carbonyl (C=O) groups is 1. The first-order valence-corrected chi connectivity index (χ1v) is 8.80. The van der Waals surface area contributed by atoms with Crippen molar-refractivity contribution in [1.29, 1.82) is 5.26 Å². The summed E-state index contributed by atoms with van der Waals surface area (Å²) >= 11 is 0. The summed E-state index contributed by atoms with van der Waals surface area (Å²) in [5.74, 6) is -0.642. The lowest BCUT2D eigenvalue weighted by Gasteiger charge is -2.17. The minimum absolute atomic E-state index is 0.0389. The molecule has 0 unspecified atom stereocenters. The van der Waals surface area contributed by atoms with Crippen LogP contribution in [0.15, 0.2) is 59.4 Å². The van der Waals surface area contributed by atoms with Crippen molar-refractivity contribution < 1.29 is 9.53 Å². The van der Waals surface area contributed by atoms with Crippen LogP contribution in [-0.2, 0) is 4.74 Å². The maximum Gasteiger partial charge on any atom is 0.339 e. The van der Waals surface area contributed by atoms with Crippen LogP contribution in [0, 0.1) is 11.3 Å². The molecule has 0 atom stereocenters. The van der Waals surface area contributed by atoms with Crippen molar-refractivity contribution in [2.24, 2.45) is 0 Å². The van der Waals surface area contributed by atoms with Crippen LogP contribution in [0.1, 0.15) is 15.9 Å². The Labute approximate surface area is 168 Å². The second-order valence-corrected chi connectivity index (χ2v) is 6.55. The lowest BCUT2D eigenvalue weighted by Crippen LogP contribution is -2.24. The molecule has 3 rings (SSSR count). The normalized spacial score (nSPS) is 10.3. The Morgan fingerprint density at radius 2 is 1.79 bits per heavy atom. The van der Waals surface area contributed by atoms with Crippen LogP contribution < -0.4 is 16.2 Å². The van der Waals surface area contributed by atoms with E-state index in [-0.39, 0.29) is 22.6 Å². The second kappa shape index (κ2) is 7.90. The fourth-order valence-electron chi connectivity index (χ4n) is 3.11. The molecule has 0 aliphatic rings. The predicted octanol–water partition coefficient (Wildman–Crippen LogP) is 2.81. The van der Waals surface area contributed by atoms with Crippen LogP contribution >= 0.6 is 0 Å². The Bertz CT molecular complexity index is 1170. The van der Waals surface area contributed by atoms with E-state index in [1.807, 2.05) is 43.3 Å². The fraction of sp³-hybridized carbons (Fsp3) is 0.136. The van der Waals surface area contributed by atoms with E-state index in [1.54, 1.807) is 18.2 Å². The molecular weight excluding hydrogens is 368 g/mol. The highest BCUT2D eigenvalue weighted by Gasteiger charge is 2.20. The number of nitrogen functional groups attached to an aromatic ring is 1. The molecule has 0 aliphatic heterocycles. The molecule has 2 aromatic carbocycles. The third kappa shape index (κ3) is 3.56. The topological polar surface area (TPSA) is 101 Å². The number of hydrogen-bond donors (Lipinski definition) is 1. The van der Waals surface area contributed by atoms with Crippen molar-refractivity contribution in [3.63, 3.8) is 0 Å². The Kier molecular flexibility index (Phi) is 5.37. The molecule has 3 aromatic rings. The zero-order valence-electron chi connectivity index (χ0n) is 16.3. The van der Waals surface area contributed by atoms with Gasteiger partial charge in [0.25, 0.3) is 5.56 Å². The van der Waals surface area contributed by atoms with Crippen LogP contribution in [0.25, 0.3) is 16.8 Å². The van der Waals surface area contributed by atoms with Crippen LogP contribution in [-0.4, -0.2) is 31.7 Å². The minimum atomic E-state index is -0.603. The summed E-state index contributed by atoms with van der Waals surface area (Å²) in [6.45, 7) is 0. The summed E-state index contributed by atoms with van der Waals surface area (Å²) in [6, 6.07) is 17.3. The van der Waals surface area contributed by atoms with Gasteiger partial charge in [0.05, 0.1) is 18.4 Å². The number of anilines is 2. The van der Waals surface area contributed by atoms with Crippen LogP contribution in [0.2, 0.25) is 0 Å². The molecule has 0 saturated heterocycles. The van der Waals surface area contributed by atoms with Gasteiger partial charge < -0.3 is 15.4 Å². The number of nitriles is 1. The number of rotatable bonds is 4. The highest BCUT2D eigenvalue weighted by Crippen LogP contribution is 2.29. The van der Waals surface area contributed by atoms with E-state index >= 15 is 0 Å². The third-order valence-electron chi connectivity index (χ3n) is 4.61. The highest BCUT2D eigenvalue weighted by atomic mass is 16.5. The average molecular weight is 388 g/mol. The van der Waals surface area contributed by atoms with Gasteiger partial charge >= 0.3 is 5.97 Å². The van der Waals surface area contributed by atoms with Gasteiger partial charge in [-0.15, -0.1) is 0 Å². The maximum atomic E-state index is 13.0. The average Bonchev–Trinajstić information content (AvgIpc) is 2.73. The van der Waals surface area contributed by atoms with Gasteiger partial charge in [0.2, 0.25) is 0 Å². The van der Waals surface area contributed by atoms with Crippen molar-refractivity contribution >= 4 is 17.5 Å². The summed E-state index contributed by atoms with van der Waals surface area (Å²) in [5.41, 5.74) is 8.49. The van der Waals surface area contributed by atoms with Crippen molar-refractivity contribution in [3.8, 4) is 22.9 Å². The number of aromatic nitrogens is 1.